The molecule has 0 saturated carbocycles. The highest BCUT2D eigenvalue weighted by Crippen LogP contribution is 2.44. The molecule has 1 aliphatic carbocycles. The third-order valence-electron chi connectivity index (χ3n) is 4.95. The van der Waals surface area contributed by atoms with Gasteiger partial charge in [-0.05, 0) is 39.9 Å². The highest BCUT2D eigenvalue weighted by Gasteiger charge is 2.28. The number of nitrogen functional groups attached to an aromatic ring is 1. The Morgan fingerprint density at radius 2 is 1.72 bits per heavy atom. The number of hydrogen-bond donors (Lipinski definition) is 3. The molecule has 0 fully saturated rings. The van der Waals surface area contributed by atoms with Crippen LogP contribution in [0.3, 0.4) is 0 Å². The number of fused-ring (bicyclic) bond motifs is 3. The van der Waals surface area contributed by atoms with E-state index in [9.17, 15) is 4.79 Å². The average Bonchev–Trinajstić information content (AvgIpc) is 3.09. The first-order valence-electron chi connectivity index (χ1n) is 9.44. The van der Waals surface area contributed by atoms with Crippen LogP contribution >= 0.6 is 0 Å². The molecule has 29 heavy (non-hydrogen) atoms. The zero-order valence-electron chi connectivity index (χ0n) is 15.8. The Bertz CT molecular complexity index is 986. The maximum absolute atomic E-state index is 12.1. The zero-order valence-corrected chi connectivity index (χ0v) is 15.8. The third-order valence-corrected chi connectivity index (χ3v) is 4.95. The van der Waals surface area contributed by atoms with Gasteiger partial charge in [-0.2, -0.15) is 0 Å². The van der Waals surface area contributed by atoms with Gasteiger partial charge >= 0.3 is 6.09 Å². The minimum Gasteiger partial charge on any atom is -0.449 e. The fourth-order valence-electron chi connectivity index (χ4n) is 3.58. The van der Waals surface area contributed by atoms with Crippen LogP contribution in [-0.2, 0) is 4.74 Å². The summed E-state index contributed by atoms with van der Waals surface area (Å²) in [5.41, 5.74) is 8.21. The van der Waals surface area contributed by atoms with Gasteiger partial charge in [0, 0.05) is 18.7 Å². The molecular weight excluding hydrogens is 364 g/mol. The smallest absolute Gasteiger partial charge is 0.407 e. The van der Waals surface area contributed by atoms with Gasteiger partial charge in [0.15, 0.2) is 0 Å². The quantitative estimate of drug-likeness (QED) is 0.441. The molecule has 6 heteroatoms. The highest BCUT2D eigenvalue weighted by molar-refractivity contribution is 5.79. The van der Waals surface area contributed by atoms with Gasteiger partial charge in [-0.1, -0.05) is 60.7 Å². The lowest BCUT2D eigenvalue weighted by Crippen LogP contribution is -2.26. The van der Waals surface area contributed by atoms with Crippen molar-refractivity contribution in [1.29, 1.82) is 0 Å². The van der Waals surface area contributed by atoms with Crippen LogP contribution in [0.4, 0.5) is 10.6 Å². The van der Waals surface area contributed by atoms with E-state index >= 15 is 0 Å². The average molecular weight is 386 g/mol. The second kappa shape index (κ2) is 8.58. The largest absolute Gasteiger partial charge is 0.449 e. The summed E-state index contributed by atoms with van der Waals surface area (Å²) in [4.78, 5) is 16.2. The van der Waals surface area contributed by atoms with Gasteiger partial charge in [0.05, 0.1) is 0 Å². The van der Waals surface area contributed by atoms with Crippen LogP contribution in [0, 0.1) is 0 Å². The molecule has 4 N–H and O–H groups in total. The second-order valence-electron chi connectivity index (χ2n) is 6.73. The van der Waals surface area contributed by atoms with Crippen molar-refractivity contribution in [2.45, 2.75) is 5.92 Å². The normalized spacial score (nSPS) is 12.4. The van der Waals surface area contributed by atoms with Crippen LogP contribution < -0.4 is 16.6 Å². The molecule has 0 spiro atoms. The Morgan fingerprint density at radius 1 is 1.03 bits per heavy atom. The molecule has 0 saturated heterocycles. The number of ether oxygens (including phenoxy) is 1. The van der Waals surface area contributed by atoms with Gasteiger partial charge in [-0.3, -0.25) is 0 Å². The van der Waals surface area contributed by atoms with Gasteiger partial charge in [0.1, 0.15) is 12.4 Å². The van der Waals surface area contributed by atoms with E-state index in [0.29, 0.717) is 19.0 Å². The van der Waals surface area contributed by atoms with Crippen LogP contribution in [0.15, 0.2) is 72.9 Å². The van der Waals surface area contributed by atoms with Crippen LogP contribution in [0.25, 0.3) is 17.2 Å². The Kier molecular flexibility index (Phi) is 5.54. The second-order valence-corrected chi connectivity index (χ2v) is 6.73. The Labute approximate surface area is 169 Å². The van der Waals surface area contributed by atoms with Gasteiger partial charge in [-0.15, -0.1) is 0 Å². The molecule has 1 aliphatic rings. The molecule has 2 aromatic carbocycles. The predicted molar refractivity (Wildman–Crippen MR) is 114 cm³/mol. The summed E-state index contributed by atoms with van der Waals surface area (Å²) in [6, 6.07) is 20.2. The number of hydrazine groups is 1. The van der Waals surface area contributed by atoms with Gasteiger partial charge in [0.25, 0.3) is 0 Å². The van der Waals surface area contributed by atoms with Crippen LogP contribution in [0.5, 0.6) is 0 Å². The van der Waals surface area contributed by atoms with E-state index in [2.05, 4.69) is 40.0 Å². The summed E-state index contributed by atoms with van der Waals surface area (Å²) in [5.74, 6) is 5.95. The summed E-state index contributed by atoms with van der Waals surface area (Å²) >= 11 is 0. The molecule has 0 aliphatic heterocycles. The molecule has 0 unspecified atom stereocenters. The van der Waals surface area contributed by atoms with Crippen LogP contribution in [-0.4, -0.2) is 24.2 Å². The topological polar surface area (TPSA) is 89.3 Å². The summed E-state index contributed by atoms with van der Waals surface area (Å²) in [5, 5.41) is 2.75. The number of nitrogens with one attached hydrogen (secondary N) is 2. The zero-order chi connectivity index (χ0) is 20.1. The molecule has 1 aromatic heterocycles. The van der Waals surface area contributed by atoms with E-state index in [4.69, 9.17) is 10.6 Å². The number of carbonyl (C=O) groups is 1. The Balaban J connectivity index is 1.31. The third kappa shape index (κ3) is 4.12. The molecule has 146 valence electrons. The number of carbonyl (C=O) groups excluding carboxylic acids is 1. The first-order chi connectivity index (χ1) is 14.3. The fraction of sp³-hybridized carbons (Fsp3) is 0.130. The minimum atomic E-state index is -0.433. The molecule has 0 atom stereocenters. The maximum Gasteiger partial charge on any atom is 0.407 e. The summed E-state index contributed by atoms with van der Waals surface area (Å²) < 4.78 is 5.50. The van der Waals surface area contributed by atoms with E-state index in [-0.39, 0.29) is 5.92 Å². The molecule has 0 bridgehead atoms. The summed E-state index contributed by atoms with van der Waals surface area (Å²) in [6.07, 6.45) is 4.97. The first kappa shape index (κ1) is 18.7. The molecule has 4 rings (SSSR count). The van der Waals surface area contributed by atoms with Crippen LogP contribution in [0.1, 0.15) is 22.6 Å². The number of amides is 1. The standard InChI is InChI=1S/C23H22N4O2/c24-27-22-12-11-16(14-26-22)6-5-13-25-23(28)29-15-21-19-9-3-1-7-17(19)18-8-2-4-10-20(18)21/h1-12,14,21H,13,15,24H2,(H,25,28)(H,26,27). The fourth-order valence-corrected chi connectivity index (χ4v) is 3.58. The summed E-state index contributed by atoms with van der Waals surface area (Å²) in [7, 11) is 0. The number of alkyl carbamates (subject to hydrolysis) is 1. The number of nitrogens with zero attached hydrogens (tertiary/aromatic N) is 1. The lowest BCUT2D eigenvalue weighted by Gasteiger charge is -2.14. The number of benzene rings is 2. The van der Waals surface area contributed by atoms with E-state index in [1.54, 1.807) is 12.3 Å². The number of pyridine rings is 1. The first-order valence-corrected chi connectivity index (χ1v) is 9.44. The van der Waals surface area contributed by atoms with Crippen molar-refractivity contribution in [3.05, 3.63) is 89.6 Å². The van der Waals surface area contributed by atoms with E-state index in [0.717, 1.165) is 5.56 Å². The van der Waals surface area contributed by atoms with Gasteiger partial charge in [0.2, 0.25) is 0 Å². The van der Waals surface area contributed by atoms with E-state index in [1.807, 2.05) is 42.5 Å². The molecule has 6 nitrogen and oxygen atoms in total. The van der Waals surface area contributed by atoms with Crippen molar-refractivity contribution >= 4 is 18.0 Å². The van der Waals surface area contributed by atoms with E-state index in [1.165, 1.54) is 22.3 Å². The minimum absolute atomic E-state index is 0.0597. The molecule has 0 radical (unpaired) electrons. The number of nitrogens with two attached hydrogens (primary N) is 1. The number of anilines is 1. The monoisotopic (exact) mass is 386 g/mol. The molecule has 3 aromatic rings. The van der Waals surface area contributed by atoms with Gasteiger partial charge < -0.3 is 15.5 Å². The van der Waals surface area contributed by atoms with Crippen molar-refractivity contribution in [2.24, 2.45) is 5.84 Å². The maximum atomic E-state index is 12.1. The number of aromatic nitrogens is 1. The van der Waals surface area contributed by atoms with Crippen molar-refractivity contribution in [1.82, 2.24) is 10.3 Å². The predicted octanol–water partition coefficient (Wildman–Crippen LogP) is 3.92. The molecule has 1 amide bonds. The van der Waals surface area contributed by atoms with Crippen molar-refractivity contribution in [3.63, 3.8) is 0 Å². The van der Waals surface area contributed by atoms with Crippen molar-refractivity contribution in [2.75, 3.05) is 18.6 Å². The van der Waals surface area contributed by atoms with Gasteiger partial charge in [-0.25, -0.2) is 15.6 Å². The van der Waals surface area contributed by atoms with Crippen LogP contribution in [0.2, 0.25) is 0 Å². The lowest BCUT2D eigenvalue weighted by atomic mass is 9.98. The Morgan fingerprint density at radius 3 is 2.34 bits per heavy atom. The van der Waals surface area contributed by atoms with Crippen molar-refractivity contribution < 1.29 is 9.53 Å². The van der Waals surface area contributed by atoms with Crippen molar-refractivity contribution in [3.8, 4) is 11.1 Å². The highest BCUT2D eigenvalue weighted by atomic mass is 16.5. The SMILES string of the molecule is NNc1ccc(C=CCNC(=O)OCC2c3ccccc3-c3ccccc32)cn1. The van der Waals surface area contributed by atoms with E-state index < -0.39 is 6.09 Å². The number of hydrogen-bond acceptors (Lipinski definition) is 5. The lowest BCUT2D eigenvalue weighted by molar-refractivity contribution is 0.144. The molecule has 1 heterocycles. The number of rotatable bonds is 6. The Hall–Kier alpha value is -3.64. The summed E-state index contributed by atoms with van der Waals surface area (Å²) in [6.45, 7) is 0.675. The molecular formula is C23H22N4O2.